The first-order chi connectivity index (χ1) is 5.81. The van der Waals surface area contributed by atoms with Crippen LogP contribution in [0.5, 0.6) is 0 Å². The Morgan fingerprint density at radius 3 is 2.25 bits per heavy atom. The van der Waals surface area contributed by atoms with Crippen molar-refractivity contribution in [2.45, 2.75) is 58.8 Å². The zero-order chi connectivity index (χ0) is 9.23. The largest absolute Gasteiger partial charge is 0.237 e. The fraction of sp³-hybridized carbons (Fsp3) is 1.00. The third kappa shape index (κ3) is 8.06. The van der Waals surface area contributed by atoms with Crippen molar-refractivity contribution in [3.63, 3.8) is 0 Å². The van der Waals surface area contributed by atoms with Gasteiger partial charge in [0, 0.05) is 0 Å². The summed E-state index contributed by atoms with van der Waals surface area (Å²) in [7, 11) is 0. The van der Waals surface area contributed by atoms with Crippen LogP contribution in [0.25, 0.3) is 0 Å². The molecule has 0 bridgehead atoms. The molecule has 0 amide bonds. The van der Waals surface area contributed by atoms with E-state index in [1.807, 2.05) is 0 Å². The van der Waals surface area contributed by atoms with Gasteiger partial charge < -0.3 is 0 Å². The minimum atomic E-state index is 0.116. The van der Waals surface area contributed by atoms with E-state index in [1.54, 1.807) is 0 Å². The Kier molecular flexibility index (Phi) is 9.02. The topological polar surface area (TPSA) is 19.9 Å². The maximum absolute atomic E-state index is 10.1. The predicted molar refractivity (Wildman–Crippen MR) is 52.7 cm³/mol. The summed E-state index contributed by atoms with van der Waals surface area (Å²) in [5, 5.41) is 10.1. The molecule has 1 heteroatoms. The van der Waals surface area contributed by atoms with Crippen LogP contribution in [0, 0.1) is 5.92 Å². The first-order valence-electron chi connectivity index (χ1n) is 5.39. The second kappa shape index (κ2) is 9.05. The van der Waals surface area contributed by atoms with E-state index in [0.717, 1.165) is 18.8 Å². The van der Waals surface area contributed by atoms with Crippen LogP contribution in [0.15, 0.2) is 0 Å². The molecule has 0 rings (SSSR count). The molecule has 12 heavy (non-hydrogen) atoms. The number of rotatable bonds is 8. The van der Waals surface area contributed by atoms with E-state index in [9.17, 15) is 5.11 Å². The summed E-state index contributed by atoms with van der Waals surface area (Å²) < 4.78 is 0. The Morgan fingerprint density at radius 1 is 1.00 bits per heavy atom. The normalized spacial score (nSPS) is 13.2. The van der Waals surface area contributed by atoms with Crippen molar-refractivity contribution in [1.82, 2.24) is 0 Å². The summed E-state index contributed by atoms with van der Waals surface area (Å²) in [4.78, 5) is 0. The third-order valence-corrected chi connectivity index (χ3v) is 2.37. The van der Waals surface area contributed by atoms with Crippen LogP contribution in [0.3, 0.4) is 0 Å². The SMILES string of the molecule is CCCC(C)CCCCCC[O]. The Hall–Kier alpha value is -0.0400. The molecule has 1 radical (unpaired) electrons. The first-order valence-corrected chi connectivity index (χ1v) is 5.39. The molecule has 0 heterocycles. The average Bonchev–Trinajstić information content (AvgIpc) is 2.05. The van der Waals surface area contributed by atoms with E-state index >= 15 is 0 Å². The molecule has 0 spiro atoms. The van der Waals surface area contributed by atoms with Gasteiger partial charge in [-0.15, -0.1) is 0 Å². The maximum atomic E-state index is 10.1. The smallest absolute Gasteiger partial charge is 0.0822 e. The fourth-order valence-electron chi connectivity index (χ4n) is 1.59. The van der Waals surface area contributed by atoms with Crippen LogP contribution in [0.2, 0.25) is 0 Å². The highest BCUT2D eigenvalue weighted by molar-refractivity contribution is 4.52. The van der Waals surface area contributed by atoms with Gasteiger partial charge in [0.2, 0.25) is 0 Å². The molecule has 0 fully saturated rings. The van der Waals surface area contributed by atoms with Gasteiger partial charge in [0.05, 0.1) is 6.61 Å². The van der Waals surface area contributed by atoms with Crippen LogP contribution in [0.1, 0.15) is 58.8 Å². The van der Waals surface area contributed by atoms with E-state index < -0.39 is 0 Å². The van der Waals surface area contributed by atoms with Gasteiger partial charge in [-0.25, -0.2) is 5.11 Å². The van der Waals surface area contributed by atoms with Crippen molar-refractivity contribution in [3.05, 3.63) is 0 Å². The van der Waals surface area contributed by atoms with Crippen LogP contribution in [-0.4, -0.2) is 6.61 Å². The summed E-state index contributed by atoms with van der Waals surface area (Å²) in [6, 6.07) is 0. The minimum Gasteiger partial charge on any atom is -0.237 e. The van der Waals surface area contributed by atoms with E-state index in [0.29, 0.717) is 0 Å². The molecule has 0 aliphatic heterocycles. The number of unbranched alkanes of at least 4 members (excludes halogenated alkanes) is 3. The quantitative estimate of drug-likeness (QED) is 0.495. The van der Waals surface area contributed by atoms with E-state index in [1.165, 1.54) is 32.1 Å². The number of hydrogen-bond donors (Lipinski definition) is 0. The molecular formula is C11H23O. The van der Waals surface area contributed by atoms with E-state index in [4.69, 9.17) is 0 Å². The average molecular weight is 171 g/mol. The van der Waals surface area contributed by atoms with Gasteiger partial charge in [0.15, 0.2) is 0 Å². The Balaban J connectivity index is 2.97. The molecule has 73 valence electrons. The second-order valence-electron chi connectivity index (χ2n) is 3.80. The number of hydrogen-bond acceptors (Lipinski definition) is 0. The molecule has 0 saturated carbocycles. The molecule has 0 N–H and O–H groups in total. The fourth-order valence-corrected chi connectivity index (χ4v) is 1.59. The lowest BCUT2D eigenvalue weighted by molar-refractivity contribution is 0.185. The highest BCUT2D eigenvalue weighted by Crippen LogP contribution is 2.14. The Morgan fingerprint density at radius 2 is 1.67 bits per heavy atom. The van der Waals surface area contributed by atoms with Gasteiger partial charge in [0.1, 0.15) is 0 Å². The van der Waals surface area contributed by atoms with Crippen molar-refractivity contribution in [2.24, 2.45) is 5.92 Å². The summed E-state index contributed by atoms with van der Waals surface area (Å²) in [6.07, 6.45) is 8.62. The predicted octanol–water partition coefficient (Wildman–Crippen LogP) is 3.80. The van der Waals surface area contributed by atoms with Gasteiger partial charge >= 0.3 is 0 Å². The standard InChI is InChI=1S/C11H23O/c1-3-8-11(2)9-6-4-5-7-10-12/h11H,3-10H2,1-2H3. The van der Waals surface area contributed by atoms with E-state index in [-0.39, 0.29) is 6.61 Å². The molecule has 0 aromatic rings. The summed E-state index contributed by atoms with van der Waals surface area (Å²) in [5.74, 6) is 0.891. The summed E-state index contributed by atoms with van der Waals surface area (Å²) >= 11 is 0. The van der Waals surface area contributed by atoms with E-state index in [2.05, 4.69) is 13.8 Å². The first kappa shape index (κ1) is 12.0. The molecule has 0 aliphatic rings. The van der Waals surface area contributed by atoms with Crippen molar-refractivity contribution < 1.29 is 5.11 Å². The molecule has 1 atom stereocenters. The lowest BCUT2D eigenvalue weighted by atomic mass is 9.98. The summed E-state index contributed by atoms with van der Waals surface area (Å²) in [6.45, 7) is 4.69. The van der Waals surface area contributed by atoms with Gasteiger partial charge in [-0.3, -0.25) is 0 Å². The van der Waals surface area contributed by atoms with Gasteiger partial charge in [-0.2, -0.15) is 0 Å². The molecular weight excluding hydrogens is 148 g/mol. The van der Waals surface area contributed by atoms with Crippen LogP contribution in [-0.2, 0) is 5.11 Å². The minimum absolute atomic E-state index is 0.116. The molecule has 1 unspecified atom stereocenters. The van der Waals surface area contributed by atoms with Crippen LogP contribution >= 0.6 is 0 Å². The van der Waals surface area contributed by atoms with Crippen molar-refractivity contribution in [3.8, 4) is 0 Å². The molecule has 0 aromatic heterocycles. The summed E-state index contributed by atoms with van der Waals surface area (Å²) in [5.41, 5.74) is 0. The Labute approximate surface area is 77.2 Å². The third-order valence-electron chi connectivity index (χ3n) is 2.37. The highest BCUT2D eigenvalue weighted by atomic mass is 16.2. The molecule has 0 aromatic carbocycles. The zero-order valence-corrected chi connectivity index (χ0v) is 8.64. The lowest BCUT2D eigenvalue weighted by Crippen LogP contribution is -1.93. The zero-order valence-electron chi connectivity index (χ0n) is 8.64. The lowest BCUT2D eigenvalue weighted by Gasteiger charge is -2.08. The van der Waals surface area contributed by atoms with Crippen LogP contribution < -0.4 is 0 Å². The van der Waals surface area contributed by atoms with Crippen molar-refractivity contribution in [2.75, 3.05) is 6.61 Å². The van der Waals surface area contributed by atoms with Gasteiger partial charge in [-0.1, -0.05) is 52.4 Å². The monoisotopic (exact) mass is 171 g/mol. The maximum Gasteiger partial charge on any atom is 0.0822 e. The molecule has 0 aliphatic carbocycles. The molecule has 0 saturated heterocycles. The van der Waals surface area contributed by atoms with Crippen molar-refractivity contribution in [1.29, 1.82) is 0 Å². The Bertz CT molecular complexity index is 81.1. The van der Waals surface area contributed by atoms with Gasteiger partial charge in [0.25, 0.3) is 0 Å². The second-order valence-corrected chi connectivity index (χ2v) is 3.80. The van der Waals surface area contributed by atoms with Crippen molar-refractivity contribution >= 4 is 0 Å². The molecule has 1 nitrogen and oxygen atoms in total. The highest BCUT2D eigenvalue weighted by Gasteiger charge is 1.99. The van der Waals surface area contributed by atoms with Gasteiger partial charge in [-0.05, 0) is 12.3 Å². The van der Waals surface area contributed by atoms with Crippen LogP contribution in [0.4, 0.5) is 0 Å².